The van der Waals surface area contributed by atoms with Crippen LogP contribution in [0.3, 0.4) is 0 Å². The molecule has 2 aliphatic heterocycles. The van der Waals surface area contributed by atoms with Crippen LogP contribution in [0, 0.1) is 11.3 Å². The van der Waals surface area contributed by atoms with Gasteiger partial charge >= 0.3 is 18.0 Å². The third kappa shape index (κ3) is 12.7. The molecule has 7 rings (SSSR count). The number of nitrogens with one attached hydrogen (secondary N) is 2. The highest BCUT2D eigenvalue weighted by Crippen LogP contribution is 2.46. The van der Waals surface area contributed by atoms with Crippen LogP contribution in [-0.2, 0) is 57.9 Å². The molecule has 0 bridgehead atoms. The Morgan fingerprint density at radius 3 is 2.40 bits per heavy atom. The highest BCUT2D eigenvalue weighted by Gasteiger charge is 2.55. The van der Waals surface area contributed by atoms with Crippen molar-refractivity contribution in [3.63, 3.8) is 0 Å². The number of fused-ring (bicyclic) bond motifs is 2. The topological polar surface area (TPSA) is 244 Å². The van der Waals surface area contributed by atoms with Gasteiger partial charge in [0.2, 0.25) is 11.5 Å². The summed E-state index contributed by atoms with van der Waals surface area (Å²) in [6.07, 6.45) is 6.07. The molecule has 70 heavy (non-hydrogen) atoms. The number of Topliss-reactive ketones (excluding diaryl/α,β-unsaturated/α-hetero) is 1. The number of esters is 2. The number of nitrogens with zero attached hydrogens (tertiary/aromatic N) is 5. The average Bonchev–Trinajstić information content (AvgIpc) is 4.04. The van der Waals surface area contributed by atoms with Crippen molar-refractivity contribution in [3.05, 3.63) is 107 Å². The number of carbonyl (C=O) groups is 5. The molecule has 0 aliphatic carbocycles. The number of hydrogen-bond acceptors (Lipinski definition) is 17. The van der Waals surface area contributed by atoms with Gasteiger partial charge in [0, 0.05) is 35.4 Å². The van der Waals surface area contributed by atoms with Crippen LogP contribution in [0.2, 0.25) is 0 Å². The standard InChI is InChI=1S/C48H54N8O11S2.HI/c1-46(2,3)65-43(60)48(7,8)67-53-37(34-26-69-44(50)51-34)36(57)19-33-40(58)56-38(42(59)64-23-27-10-12-31(62-9)13-11-27)30(25-68-41(33)56)21-54-16-15-35-28(20-54)14-17-55(35)22-32-18-29(24-63-32)39(49)52-45(61)66-47(4,5)6;/h10-18,20,24,26,33,41H,19,21-23,25H2,1-9H3,(H3-,49,50,51,52,61);1H/b53-37-;/t33-,41-;/m1./s1. The fraction of sp³-hybridized carbons (Fsp3) is 0.396. The van der Waals surface area contributed by atoms with Gasteiger partial charge in [0.25, 0.3) is 0 Å². The lowest BCUT2D eigenvalue weighted by Crippen LogP contribution is -3.00. The predicted octanol–water partition coefficient (Wildman–Crippen LogP) is 3.50. The van der Waals surface area contributed by atoms with Gasteiger partial charge < -0.3 is 62.5 Å². The van der Waals surface area contributed by atoms with E-state index in [9.17, 15) is 24.0 Å². The van der Waals surface area contributed by atoms with E-state index in [4.69, 9.17) is 39.3 Å². The Bertz CT molecular complexity index is 2870. The average molecular weight is 1110 g/mol. The lowest BCUT2D eigenvalue weighted by Gasteiger charge is -2.49. The van der Waals surface area contributed by atoms with Crippen molar-refractivity contribution < 1.29 is 80.7 Å². The van der Waals surface area contributed by atoms with Crippen molar-refractivity contribution in [2.45, 2.75) is 104 Å². The van der Waals surface area contributed by atoms with Gasteiger partial charge in [-0.1, -0.05) is 17.3 Å². The van der Waals surface area contributed by atoms with Crippen LogP contribution in [0.25, 0.3) is 10.9 Å². The number of β-lactam (4-membered cyclic amide) rings is 1. The first-order valence-electron chi connectivity index (χ1n) is 21.8. The number of alkyl carbamates (subject to hydrolysis) is 1. The van der Waals surface area contributed by atoms with Crippen LogP contribution in [0.15, 0.2) is 93.5 Å². The first-order valence-corrected chi connectivity index (χ1v) is 23.8. The number of methoxy groups -OCH3 is 1. The predicted molar refractivity (Wildman–Crippen MR) is 256 cm³/mol. The number of pyridine rings is 1. The van der Waals surface area contributed by atoms with E-state index >= 15 is 0 Å². The number of anilines is 1. The second-order valence-corrected chi connectivity index (χ2v) is 20.8. The number of furan rings is 1. The number of aromatic nitrogens is 3. The third-order valence-electron chi connectivity index (χ3n) is 10.6. The monoisotopic (exact) mass is 1110 g/mol. The van der Waals surface area contributed by atoms with Crippen molar-refractivity contribution in [2.75, 3.05) is 18.6 Å². The first-order chi connectivity index (χ1) is 32.5. The summed E-state index contributed by atoms with van der Waals surface area (Å²) in [4.78, 5) is 79.0. The van der Waals surface area contributed by atoms with Crippen molar-refractivity contribution in [3.8, 4) is 5.75 Å². The minimum Gasteiger partial charge on any atom is -1.00 e. The third-order valence-corrected chi connectivity index (χ3v) is 12.7. The summed E-state index contributed by atoms with van der Waals surface area (Å²) in [5.41, 5.74) is 5.44. The molecule has 2 atom stereocenters. The van der Waals surface area contributed by atoms with Crippen LogP contribution in [0.4, 0.5) is 9.93 Å². The van der Waals surface area contributed by atoms with Gasteiger partial charge in [-0.25, -0.2) is 23.9 Å². The summed E-state index contributed by atoms with van der Waals surface area (Å²) in [6, 6.07) is 12.6. The molecule has 1 aromatic carbocycles. The van der Waals surface area contributed by atoms with Gasteiger partial charge in [-0.3, -0.25) is 25.2 Å². The van der Waals surface area contributed by atoms with E-state index in [1.165, 1.54) is 42.2 Å². The molecule has 4 N–H and O–H groups in total. The van der Waals surface area contributed by atoms with Gasteiger partial charge in [-0.15, -0.1) is 23.1 Å². The number of oxime groups is 1. The number of benzene rings is 1. The molecule has 1 fully saturated rings. The fourth-order valence-electron chi connectivity index (χ4n) is 7.29. The maximum absolute atomic E-state index is 14.2. The second-order valence-electron chi connectivity index (χ2n) is 18.8. The van der Waals surface area contributed by atoms with Crippen LogP contribution < -0.4 is 44.3 Å². The van der Waals surface area contributed by atoms with Gasteiger partial charge in [-0.2, -0.15) is 0 Å². The lowest BCUT2D eigenvalue weighted by atomic mass is 9.89. The Morgan fingerprint density at radius 1 is 1.03 bits per heavy atom. The largest absolute Gasteiger partial charge is 1.00 e. The van der Waals surface area contributed by atoms with E-state index in [0.717, 1.165) is 22.2 Å². The quantitative estimate of drug-likeness (QED) is 0.0187. The van der Waals surface area contributed by atoms with Crippen molar-refractivity contribution >= 4 is 80.4 Å². The molecule has 0 spiro atoms. The number of thioether (sulfide) groups is 1. The number of ketones is 1. The van der Waals surface area contributed by atoms with Gasteiger partial charge in [0.15, 0.2) is 35.6 Å². The highest BCUT2D eigenvalue weighted by atomic mass is 127. The van der Waals surface area contributed by atoms with Crippen LogP contribution in [-0.4, -0.2) is 90.8 Å². The molecule has 6 heterocycles. The first kappa shape index (κ1) is 53.1. The molecule has 5 aromatic rings. The number of amides is 2. The molecule has 2 amide bonds. The van der Waals surface area contributed by atoms with Crippen LogP contribution in [0.5, 0.6) is 5.75 Å². The molecule has 2 aliphatic rings. The minimum absolute atomic E-state index is 0. The molecule has 22 heteroatoms. The Labute approximate surface area is 429 Å². The molecule has 19 nitrogen and oxygen atoms in total. The number of ether oxygens (including phenoxy) is 4. The number of nitrogens with two attached hydrogens (primary N) is 1. The minimum atomic E-state index is -1.58. The number of nitrogen functional groups attached to an aromatic ring is 1. The zero-order chi connectivity index (χ0) is 50.0. The zero-order valence-corrected chi connectivity index (χ0v) is 43.9. The zero-order valence-electron chi connectivity index (χ0n) is 40.1. The Hall–Kier alpha value is -6.27. The van der Waals surface area contributed by atoms with Crippen molar-refractivity contribution in [2.24, 2.45) is 11.1 Å². The molecule has 372 valence electrons. The van der Waals surface area contributed by atoms with Crippen LogP contribution >= 0.6 is 23.1 Å². The van der Waals surface area contributed by atoms with Crippen LogP contribution in [0.1, 0.15) is 84.4 Å². The lowest BCUT2D eigenvalue weighted by molar-refractivity contribution is -0.687. The van der Waals surface area contributed by atoms with Crippen molar-refractivity contribution in [1.82, 2.24) is 19.8 Å². The summed E-state index contributed by atoms with van der Waals surface area (Å²) >= 11 is 2.51. The van der Waals surface area contributed by atoms with E-state index in [-0.39, 0.29) is 71.6 Å². The van der Waals surface area contributed by atoms with E-state index in [1.807, 2.05) is 39.9 Å². The van der Waals surface area contributed by atoms with E-state index < -0.39 is 57.8 Å². The number of rotatable bonds is 16. The molecule has 4 aromatic heterocycles. The highest BCUT2D eigenvalue weighted by molar-refractivity contribution is 8.00. The fourth-order valence-corrected chi connectivity index (χ4v) is 9.24. The summed E-state index contributed by atoms with van der Waals surface area (Å²) in [5, 5.41) is 16.8. The Morgan fingerprint density at radius 2 is 1.74 bits per heavy atom. The number of amidine groups is 1. The molecular weight excluding hydrogens is 1060 g/mol. The van der Waals surface area contributed by atoms with Gasteiger partial charge in [-0.05, 0) is 85.2 Å². The Balaban J connectivity index is 0.00000804. The molecular formula is C48H55IN8O11S2. The molecule has 1 saturated heterocycles. The van der Waals surface area contributed by atoms with Crippen molar-refractivity contribution in [1.29, 1.82) is 5.41 Å². The maximum atomic E-state index is 14.2. The van der Waals surface area contributed by atoms with Gasteiger partial charge in [0.05, 0.1) is 41.4 Å². The molecule has 0 radical (unpaired) electrons. The summed E-state index contributed by atoms with van der Waals surface area (Å²) < 4.78 is 31.5. The summed E-state index contributed by atoms with van der Waals surface area (Å²) in [5.74, 6) is -1.87. The number of carbonyl (C=O) groups excluding carboxylic acids is 5. The number of hydrogen-bond donors (Lipinski definition) is 3. The summed E-state index contributed by atoms with van der Waals surface area (Å²) in [6.45, 7) is 13.8. The normalized spacial score (nSPS) is 16.2. The van der Waals surface area contributed by atoms with E-state index in [1.54, 1.807) is 79.0 Å². The number of halogens is 1. The SMILES string of the molecule is COc1ccc(COC(=O)C2=C(C[n+]3ccc4c(ccn4Cc4cc(C(=N)NC(=O)OC(C)(C)C)co4)c3)CS[C@@H]3[C@H](CC(=O)/C(=N\OC(C)(C)C(=O)OC(C)(C)C)c4csc(N)n4)C(=O)N23)cc1.[I-]. The van der Waals surface area contributed by atoms with E-state index in [2.05, 4.69) is 15.5 Å². The summed E-state index contributed by atoms with van der Waals surface area (Å²) in [7, 11) is 1.56. The molecule has 0 unspecified atom stereocenters. The second kappa shape index (κ2) is 21.4. The Kier molecular flexibility index (Phi) is 16.2. The van der Waals surface area contributed by atoms with Gasteiger partial charge in [0.1, 0.15) is 52.8 Å². The number of thiazole rings is 1. The maximum Gasteiger partial charge on any atom is 0.413 e. The smallest absolute Gasteiger partial charge is 0.413 e. The van der Waals surface area contributed by atoms with E-state index in [0.29, 0.717) is 40.5 Å². The molecule has 0 saturated carbocycles.